The zero-order valence-electron chi connectivity index (χ0n) is 7.86. The van der Waals surface area contributed by atoms with Crippen molar-refractivity contribution in [1.82, 2.24) is 0 Å². The lowest BCUT2D eigenvalue weighted by molar-refractivity contribution is 0.237. The third-order valence-electron chi connectivity index (χ3n) is 3.32. The average Bonchev–Trinajstić information content (AvgIpc) is 2.65. The molecular formula is C10H19F. The average molecular weight is 158 g/mol. The molecule has 66 valence electrons. The van der Waals surface area contributed by atoms with E-state index in [0.717, 1.165) is 6.42 Å². The van der Waals surface area contributed by atoms with Crippen molar-refractivity contribution < 1.29 is 4.39 Å². The van der Waals surface area contributed by atoms with Crippen molar-refractivity contribution in [1.29, 1.82) is 0 Å². The van der Waals surface area contributed by atoms with Gasteiger partial charge in [-0.05, 0) is 18.3 Å². The molecule has 0 aromatic heterocycles. The fraction of sp³-hybridized carbons (Fsp3) is 1.00. The highest BCUT2D eigenvalue weighted by Gasteiger charge is 2.55. The van der Waals surface area contributed by atoms with E-state index in [1.165, 1.54) is 12.8 Å². The van der Waals surface area contributed by atoms with Crippen LogP contribution in [0.1, 0.15) is 40.0 Å². The minimum absolute atomic E-state index is 0.0933. The molecule has 2 unspecified atom stereocenters. The Labute approximate surface area is 69.2 Å². The molecule has 11 heavy (non-hydrogen) atoms. The van der Waals surface area contributed by atoms with E-state index in [1.807, 2.05) is 0 Å². The first-order chi connectivity index (χ1) is 5.17. The maximum Gasteiger partial charge on any atom is 0.0955 e. The quantitative estimate of drug-likeness (QED) is 0.588. The molecule has 0 spiro atoms. The van der Waals surface area contributed by atoms with E-state index < -0.39 is 0 Å². The summed E-state index contributed by atoms with van der Waals surface area (Å²) in [5.74, 6) is 1.22. The van der Waals surface area contributed by atoms with Gasteiger partial charge in [-0.3, -0.25) is 4.39 Å². The predicted molar refractivity (Wildman–Crippen MR) is 46.3 cm³/mol. The standard InChI is InChI=1S/C10H19F/c1-4-5-9-6-10(9,7-11)8(2)3/h8-9H,4-7H2,1-3H3. The molecule has 0 nitrogen and oxygen atoms in total. The summed E-state index contributed by atoms with van der Waals surface area (Å²) in [7, 11) is 0. The lowest BCUT2D eigenvalue weighted by Crippen LogP contribution is -2.14. The molecule has 1 aliphatic carbocycles. The predicted octanol–water partition coefficient (Wildman–Crippen LogP) is 3.42. The minimum Gasteiger partial charge on any atom is -0.250 e. The van der Waals surface area contributed by atoms with E-state index in [-0.39, 0.29) is 12.1 Å². The van der Waals surface area contributed by atoms with E-state index in [1.54, 1.807) is 0 Å². The highest BCUT2D eigenvalue weighted by atomic mass is 19.1. The van der Waals surface area contributed by atoms with Crippen LogP contribution in [0, 0.1) is 17.3 Å². The van der Waals surface area contributed by atoms with Crippen LogP contribution in [-0.4, -0.2) is 6.67 Å². The number of alkyl halides is 1. The van der Waals surface area contributed by atoms with Crippen LogP contribution in [0.3, 0.4) is 0 Å². The van der Waals surface area contributed by atoms with Crippen LogP contribution in [0.25, 0.3) is 0 Å². The highest BCUT2D eigenvalue weighted by Crippen LogP contribution is 2.59. The van der Waals surface area contributed by atoms with E-state index in [0.29, 0.717) is 11.8 Å². The molecule has 0 aliphatic heterocycles. The SMILES string of the molecule is CCCC1CC1(CF)C(C)C. The zero-order chi connectivity index (χ0) is 8.48. The molecule has 0 aromatic rings. The Morgan fingerprint density at radius 3 is 2.45 bits per heavy atom. The van der Waals surface area contributed by atoms with Gasteiger partial charge in [-0.2, -0.15) is 0 Å². The van der Waals surface area contributed by atoms with Crippen LogP contribution in [0.4, 0.5) is 4.39 Å². The number of hydrogen-bond donors (Lipinski definition) is 0. The molecule has 0 radical (unpaired) electrons. The molecule has 0 bridgehead atoms. The second-order valence-corrected chi connectivity index (χ2v) is 4.21. The third kappa shape index (κ3) is 1.43. The van der Waals surface area contributed by atoms with Crippen LogP contribution in [0.5, 0.6) is 0 Å². The molecule has 1 aliphatic rings. The first-order valence-corrected chi connectivity index (χ1v) is 4.73. The molecule has 0 amide bonds. The summed E-state index contributed by atoms with van der Waals surface area (Å²) in [4.78, 5) is 0. The zero-order valence-corrected chi connectivity index (χ0v) is 7.86. The van der Waals surface area contributed by atoms with Crippen molar-refractivity contribution in [3.8, 4) is 0 Å². The molecular weight excluding hydrogens is 139 g/mol. The van der Waals surface area contributed by atoms with Crippen molar-refractivity contribution in [2.24, 2.45) is 17.3 Å². The lowest BCUT2D eigenvalue weighted by Gasteiger charge is -2.17. The molecule has 0 heterocycles. The van der Waals surface area contributed by atoms with Crippen molar-refractivity contribution in [2.45, 2.75) is 40.0 Å². The molecule has 0 saturated heterocycles. The topological polar surface area (TPSA) is 0 Å². The highest BCUT2D eigenvalue weighted by molar-refractivity contribution is 5.03. The van der Waals surface area contributed by atoms with Gasteiger partial charge in [-0.15, -0.1) is 0 Å². The Morgan fingerprint density at radius 1 is 1.55 bits per heavy atom. The summed E-state index contributed by atoms with van der Waals surface area (Å²) < 4.78 is 12.7. The lowest BCUT2D eigenvalue weighted by atomic mass is 9.90. The first-order valence-electron chi connectivity index (χ1n) is 4.73. The summed E-state index contributed by atoms with van der Waals surface area (Å²) in [6.07, 6.45) is 3.57. The maximum absolute atomic E-state index is 12.7. The number of rotatable bonds is 4. The van der Waals surface area contributed by atoms with Gasteiger partial charge in [0.05, 0.1) is 6.67 Å². The minimum atomic E-state index is -0.102. The molecule has 1 saturated carbocycles. The maximum atomic E-state index is 12.7. The van der Waals surface area contributed by atoms with Gasteiger partial charge in [0.2, 0.25) is 0 Å². The van der Waals surface area contributed by atoms with E-state index in [9.17, 15) is 4.39 Å². The summed E-state index contributed by atoms with van der Waals surface area (Å²) >= 11 is 0. The second-order valence-electron chi connectivity index (χ2n) is 4.21. The van der Waals surface area contributed by atoms with Gasteiger partial charge in [0.15, 0.2) is 0 Å². The van der Waals surface area contributed by atoms with Crippen molar-refractivity contribution in [2.75, 3.05) is 6.67 Å². The third-order valence-corrected chi connectivity index (χ3v) is 3.32. The van der Waals surface area contributed by atoms with Crippen molar-refractivity contribution in [3.05, 3.63) is 0 Å². The van der Waals surface area contributed by atoms with Crippen molar-refractivity contribution in [3.63, 3.8) is 0 Å². The summed E-state index contributed by atoms with van der Waals surface area (Å²) in [6, 6.07) is 0. The van der Waals surface area contributed by atoms with Crippen LogP contribution >= 0.6 is 0 Å². The summed E-state index contributed by atoms with van der Waals surface area (Å²) in [5, 5.41) is 0. The first kappa shape index (κ1) is 9.02. The fourth-order valence-corrected chi connectivity index (χ4v) is 2.16. The number of hydrogen-bond acceptors (Lipinski definition) is 0. The van der Waals surface area contributed by atoms with Gasteiger partial charge in [0.25, 0.3) is 0 Å². The van der Waals surface area contributed by atoms with Crippen molar-refractivity contribution >= 4 is 0 Å². The molecule has 2 atom stereocenters. The normalized spacial score (nSPS) is 36.3. The molecule has 1 heteroatoms. The smallest absolute Gasteiger partial charge is 0.0955 e. The van der Waals surface area contributed by atoms with Gasteiger partial charge >= 0.3 is 0 Å². The summed E-state index contributed by atoms with van der Waals surface area (Å²) in [5.41, 5.74) is 0.0933. The van der Waals surface area contributed by atoms with Gasteiger partial charge in [-0.1, -0.05) is 33.6 Å². The summed E-state index contributed by atoms with van der Waals surface area (Å²) in [6.45, 7) is 6.38. The fourth-order valence-electron chi connectivity index (χ4n) is 2.16. The van der Waals surface area contributed by atoms with E-state index in [4.69, 9.17) is 0 Å². The molecule has 0 aromatic carbocycles. The largest absolute Gasteiger partial charge is 0.250 e. The molecule has 1 fully saturated rings. The van der Waals surface area contributed by atoms with Gasteiger partial charge in [0.1, 0.15) is 0 Å². The Kier molecular flexibility index (Phi) is 2.56. The molecule has 1 rings (SSSR count). The Hall–Kier alpha value is -0.0700. The van der Waals surface area contributed by atoms with Crippen LogP contribution in [-0.2, 0) is 0 Å². The van der Waals surface area contributed by atoms with Crippen LogP contribution in [0.15, 0.2) is 0 Å². The monoisotopic (exact) mass is 158 g/mol. The Morgan fingerprint density at radius 2 is 2.18 bits per heavy atom. The van der Waals surface area contributed by atoms with Crippen LogP contribution < -0.4 is 0 Å². The number of halogens is 1. The van der Waals surface area contributed by atoms with E-state index >= 15 is 0 Å². The Balaban J connectivity index is 2.43. The Bertz CT molecular complexity index is 131. The van der Waals surface area contributed by atoms with Gasteiger partial charge in [-0.25, -0.2) is 0 Å². The second kappa shape index (κ2) is 3.12. The molecule has 0 N–H and O–H groups in total. The van der Waals surface area contributed by atoms with E-state index in [2.05, 4.69) is 20.8 Å². The van der Waals surface area contributed by atoms with Gasteiger partial charge in [0, 0.05) is 5.41 Å². The van der Waals surface area contributed by atoms with Crippen LogP contribution in [0.2, 0.25) is 0 Å². The van der Waals surface area contributed by atoms with Gasteiger partial charge < -0.3 is 0 Å².